The third-order valence-corrected chi connectivity index (χ3v) is 7.70. The molecule has 1 aromatic heterocycles. The standard InChI is InChI=1S/C31H24S/c1-31(2)28-19-23(21-8-4-3-5-9-21)13-15-26(28)27-16-14-24(20-29(27)31)22-10-6-11-25(18-22)30-12-7-17-32-30/h3-20H,1-2H3. The molecule has 0 bridgehead atoms. The molecule has 0 unspecified atom stereocenters. The molecule has 0 saturated carbocycles. The molecule has 1 aliphatic rings. The molecule has 0 nitrogen and oxygen atoms in total. The number of thiophene rings is 1. The van der Waals surface area contributed by atoms with Gasteiger partial charge >= 0.3 is 0 Å². The first-order valence-corrected chi connectivity index (χ1v) is 12.0. The van der Waals surface area contributed by atoms with Crippen LogP contribution in [0.5, 0.6) is 0 Å². The van der Waals surface area contributed by atoms with Gasteiger partial charge in [0.15, 0.2) is 0 Å². The van der Waals surface area contributed by atoms with Gasteiger partial charge in [0.1, 0.15) is 0 Å². The Kier molecular flexibility index (Phi) is 4.41. The van der Waals surface area contributed by atoms with E-state index in [0.29, 0.717) is 0 Å². The molecule has 1 heterocycles. The minimum absolute atomic E-state index is 0.0309. The van der Waals surface area contributed by atoms with Gasteiger partial charge in [-0.3, -0.25) is 0 Å². The minimum Gasteiger partial charge on any atom is -0.144 e. The molecule has 5 aromatic rings. The first-order chi connectivity index (χ1) is 15.6. The van der Waals surface area contributed by atoms with E-state index in [2.05, 4.69) is 122 Å². The van der Waals surface area contributed by atoms with Gasteiger partial charge in [-0.25, -0.2) is 0 Å². The monoisotopic (exact) mass is 428 g/mol. The summed E-state index contributed by atoms with van der Waals surface area (Å²) < 4.78 is 0. The van der Waals surface area contributed by atoms with Crippen LogP contribution in [0.4, 0.5) is 0 Å². The maximum absolute atomic E-state index is 2.41. The van der Waals surface area contributed by atoms with Gasteiger partial charge in [0, 0.05) is 10.3 Å². The van der Waals surface area contributed by atoms with Crippen molar-refractivity contribution < 1.29 is 0 Å². The summed E-state index contributed by atoms with van der Waals surface area (Å²) in [7, 11) is 0. The smallest absolute Gasteiger partial charge is 0.0342 e. The molecule has 0 N–H and O–H groups in total. The summed E-state index contributed by atoms with van der Waals surface area (Å²) >= 11 is 1.79. The Morgan fingerprint density at radius 2 is 1.09 bits per heavy atom. The number of hydrogen-bond acceptors (Lipinski definition) is 1. The summed E-state index contributed by atoms with van der Waals surface area (Å²) in [5, 5.41) is 2.14. The topological polar surface area (TPSA) is 0 Å². The molecule has 154 valence electrons. The summed E-state index contributed by atoms with van der Waals surface area (Å²) in [4.78, 5) is 1.31. The fraction of sp³-hybridized carbons (Fsp3) is 0.0968. The second-order valence-electron chi connectivity index (χ2n) is 9.07. The van der Waals surface area contributed by atoms with Crippen LogP contribution in [0.25, 0.3) is 43.8 Å². The average molecular weight is 429 g/mol. The van der Waals surface area contributed by atoms with Gasteiger partial charge in [0.05, 0.1) is 0 Å². The Morgan fingerprint density at radius 3 is 1.75 bits per heavy atom. The highest BCUT2D eigenvalue weighted by molar-refractivity contribution is 7.13. The van der Waals surface area contributed by atoms with Crippen molar-refractivity contribution in [2.45, 2.75) is 19.3 Å². The fourth-order valence-corrected chi connectivity index (χ4v) is 5.75. The van der Waals surface area contributed by atoms with Crippen LogP contribution in [0.1, 0.15) is 25.0 Å². The highest BCUT2D eigenvalue weighted by Gasteiger charge is 2.35. The van der Waals surface area contributed by atoms with Gasteiger partial charge in [-0.2, -0.15) is 0 Å². The van der Waals surface area contributed by atoms with Crippen LogP contribution in [0.15, 0.2) is 109 Å². The zero-order valence-electron chi connectivity index (χ0n) is 18.3. The van der Waals surface area contributed by atoms with Gasteiger partial charge in [-0.05, 0) is 79.7 Å². The lowest BCUT2D eigenvalue weighted by Gasteiger charge is -2.22. The summed E-state index contributed by atoms with van der Waals surface area (Å²) in [5.74, 6) is 0. The number of hydrogen-bond donors (Lipinski definition) is 0. The van der Waals surface area contributed by atoms with E-state index in [4.69, 9.17) is 0 Å². The SMILES string of the molecule is CC1(C)c2cc(-c3ccccc3)ccc2-c2ccc(-c3cccc(-c4cccs4)c3)cc21. The zero-order chi connectivity index (χ0) is 21.7. The first kappa shape index (κ1) is 19.3. The van der Waals surface area contributed by atoms with E-state index in [0.717, 1.165) is 0 Å². The van der Waals surface area contributed by atoms with Crippen LogP contribution >= 0.6 is 11.3 Å². The average Bonchev–Trinajstić information content (AvgIpc) is 3.46. The molecular formula is C31H24S. The largest absolute Gasteiger partial charge is 0.144 e. The van der Waals surface area contributed by atoms with Crippen molar-refractivity contribution in [2.75, 3.05) is 0 Å². The lowest BCUT2D eigenvalue weighted by atomic mass is 9.81. The van der Waals surface area contributed by atoms with E-state index in [-0.39, 0.29) is 5.41 Å². The van der Waals surface area contributed by atoms with Crippen LogP contribution < -0.4 is 0 Å². The molecule has 4 aromatic carbocycles. The molecule has 32 heavy (non-hydrogen) atoms. The van der Waals surface area contributed by atoms with E-state index in [1.165, 1.54) is 54.9 Å². The molecule has 1 aliphatic carbocycles. The van der Waals surface area contributed by atoms with Gasteiger partial charge in [0.2, 0.25) is 0 Å². The third kappa shape index (κ3) is 3.04. The minimum atomic E-state index is -0.0309. The normalized spacial score (nSPS) is 13.6. The second-order valence-corrected chi connectivity index (χ2v) is 10.0. The predicted octanol–water partition coefficient (Wildman–Crippen LogP) is 9.06. The Morgan fingerprint density at radius 1 is 0.500 bits per heavy atom. The van der Waals surface area contributed by atoms with Crippen molar-refractivity contribution >= 4 is 11.3 Å². The van der Waals surface area contributed by atoms with Crippen LogP contribution in [0, 0.1) is 0 Å². The molecule has 1 heteroatoms. The Hall–Kier alpha value is -3.42. The first-order valence-electron chi connectivity index (χ1n) is 11.1. The van der Waals surface area contributed by atoms with Crippen molar-refractivity contribution in [3.8, 4) is 43.8 Å². The molecule has 0 atom stereocenters. The number of benzene rings is 4. The van der Waals surface area contributed by atoms with Gasteiger partial charge < -0.3 is 0 Å². The zero-order valence-corrected chi connectivity index (χ0v) is 19.1. The Balaban J connectivity index is 1.44. The molecule has 0 saturated heterocycles. The molecule has 0 aliphatic heterocycles. The Labute approximate surface area is 193 Å². The fourth-order valence-electron chi connectivity index (χ4n) is 5.02. The highest BCUT2D eigenvalue weighted by atomic mass is 32.1. The van der Waals surface area contributed by atoms with E-state index in [1.54, 1.807) is 11.3 Å². The van der Waals surface area contributed by atoms with Crippen molar-refractivity contribution in [2.24, 2.45) is 0 Å². The lowest BCUT2D eigenvalue weighted by molar-refractivity contribution is 0.661. The predicted molar refractivity (Wildman–Crippen MR) is 138 cm³/mol. The van der Waals surface area contributed by atoms with Crippen LogP contribution in [0.3, 0.4) is 0 Å². The summed E-state index contributed by atoms with van der Waals surface area (Å²) in [6, 6.07) is 37.9. The third-order valence-electron chi connectivity index (χ3n) is 6.78. The maximum atomic E-state index is 2.41. The van der Waals surface area contributed by atoms with E-state index in [1.807, 2.05) is 0 Å². The van der Waals surface area contributed by atoms with E-state index in [9.17, 15) is 0 Å². The molecular weight excluding hydrogens is 404 g/mol. The molecule has 6 rings (SSSR count). The Bertz CT molecular complexity index is 1420. The van der Waals surface area contributed by atoms with Gasteiger partial charge in [-0.1, -0.05) is 92.7 Å². The van der Waals surface area contributed by atoms with E-state index < -0.39 is 0 Å². The van der Waals surface area contributed by atoms with Gasteiger partial charge in [0.25, 0.3) is 0 Å². The number of rotatable bonds is 3. The molecule has 0 amide bonds. The van der Waals surface area contributed by atoms with Crippen molar-refractivity contribution in [3.05, 3.63) is 120 Å². The summed E-state index contributed by atoms with van der Waals surface area (Å²) in [5.41, 5.74) is 11.9. The maximum Gasteiger partial charge on any atom is 0.0342 e. The lowest BCUT2D eigenvalue weighted by Crippen LogP contribution is -2.15. The van der Waals surface area contributed by atoms with E-state index >= 15 is 0 Å². The van der Waals surface area contributed by atoms with Gasteiger partial charge in [-0.15, -0.1) is 11.3 Å². The molecule has 0 spiro atoms. The van der Waals surface area contributed by atoms with Crippen molar-refractivity contribution in [1.82, 2.24) is 0 Å². The van der Waals surface area contributed by atoms with Crippen LogP contribution in [-0.2, 0) is 5.41 Å². The van der Waals surface area contributed by atoms with Crippen molar-refractivity contribution in [1.29, 1.82) is 0 Å². The summed E-state index contributed by atoms with van der Waals surface area (Å²) in [6.45, 7) is 4.72. The highest BCUT2D eigenvalue weighted by Crippen LogP contribution is 2.50. The number of fused-ring (bicyclic) bond motifs is 3. The van der Waals surface area contributed by atoms with Crippen LogP contribution in [-0.4, -0.2) is 0 Å². The summed E-state index contributed by atoms with van der Waals surface area (Å²) in [6.07, 6.45) is 0. The quantitative estimate of drug-likeness (QED) is 0.269. The van der Waals surface area contributed by atoms with Crippen LogP contribution in [0.2, 0.25) is 0 Å². The molecule has 0 radical (unpaired) electrons. The molecule has 0 fully saturated rings. The van der Waals surface area contributed by atoms with Crippen molar-refractivity contribution in [3.63, 3.8) is 0 Å². The second kappa shape index (κ2) is 7.32.